The third kappa shape index (κ3) is 3.38. The predicted octanol–water partition coefficient (Wildman–Crippen LogP) is 2.89. The average Bonchev–Trinajstić information content (AvgIpc) is 2.56. The number of aryl methyl sites for hydroxylation is 1. The molecule has 23 heavy (non-hydrogen) atoms. The van der Waals surface area contributed by atoms with Crippen LogP contribution >= 0.6 is 0 Å². The number of halogens is 1. The summed E-state index contributed by atoms with van der Waals surface area (Å²) < 4.78 is 13.7. The Morgan fingerprint density at radius 1 is 1.09 bits per heavy atom. The van der Waals surface area contributed by atoms with Gasteiger partial charge in [0.05, 0.1) is 0 Å². The molecule has 1 saturated heterocycles. The number of carbonyl (C=O) groups excluding carboxylic acids is 2. The van der Waals surface area contributed by atoms with E-state index in [1.165, 1.54) is 30.2 Å². The standard InChI is InChI=1S/C18H23FN2O2/c1-13-7-8-15(11-16(13)19)21-10-9-20(17(22)18(21)23)12-14-5-3-2-4-6-14/h7-8,11,14H,2-6,9-10,12H2,1H3. The number of hydrogen-bond acceptors (Lipinski definition) is 2. The molecule has 1 saturated carbocycles. The maximum absolute atomic E-state index is 13.7. The molecule has 2 fully saturated rings. The first-order valence-electron chi connectivity index (χ1n) is 8.43. The third-order valence-corrected chi connectivity index (χ3v) is 4.98. The number of carbonyl (C=O) groups is 2. The van der Waals surface area contributed by atoms with Crippen LogP contribution in [-0.2, 0) is 9.59 Å². The first-order chi connectivity index (χ1) is 11.1. The van der Waals surface area contributed by atoms with Crippen molar-refractivity contribution in [1.82, 2.24) is 4.90 Å². The van der Waals surface area contributed by atoms with Crippen molar-refractivity contribution in [2.45, 2.75) is 39.0 Å². The number of hydrogen-bond donors (Lipinski definition) is 0. The second-order valence-electron chi connectivity index (χ2n) is 6.65. The Balaban J connectivity index is 1.68. The highest BCUT2D eigenvalue weighted by Crippen LogP contribution is 2.26. The highest BCUT2D eigenvalue weighted by molar-refractivity contribution is 6.41. The second kappa shape index (κ2) is 6.69. The van der Waals surface area contributed by atoms with Gasteiger partial charge in [0.25, 0.3) is 0 Å². The SMILES string of the molecule is Cc1ccc(N2CCN(CC3CCCCC3)C(=O)C2=O)cc1F. The van der Waals surface area contributed by atoms with Crippen molar-refractivity contribution in [3.05, 3.63) is 29.6 Å². The van der Waals surface area contributed by atoms with Crippen molar-refractivity contribution in [1.29, 1.82) is 0 Å². The largest absolute Gasteiger partial charge is 0.332 e. The van der Waals surface area contributed by atoms with E-state index in [4.69, 9.17) is 0 Å². The topological polar surface area (TPSA) is 40.6 Å². The number of piperazine rings is 1. The zero-order valence-electron chi connectivity index (χ0n) is 13.6. The lowest BCUT2D eigenvalue weighted by Crippen LogP contribution is -2.55. The van der Waals surface area contributed by atoms with Crippen LogP contribution in [0.25, 0.3) is 0 Å². The Morgan fingerprint density at radius 2 is 1.83 bits per heavy atom. The van der Waals surface area contributed by atoms with Gasteiger partial charge in [0.1, 0.15) is 5.82 Å². The van der Waals surface area contributed by atoms with Gasteiger partial charge in [-0.2, -0.15) is 0 Å². The van der Waals surface area contributed by atoms with Gasteiger partial charge in [-0.25, -0.2) is 4.39 Å². The van der Waals surface area contributed by atoms with E-state index in [0.29, 0.717) is 36.8 Å². The van der Waals surface area contributed by atoms with Crippen LogP contribution in [0.2, 0.25) is 0 Å². The van der Waals surface area contributed by atoms with Gasteiger partial charge >= 0.3 is 11.8 Å². The molecule has 2 aliphatic rings. The predicted molar refractivity (Wildman–Crippen MR) is 86.6 cm³/mol. The van der Waals surface area contributed by atoms with Crippen molar-refractivity contribution in [2.24, 2.45) is 5.92 Å². The Labute approximate surface area is 136 Å². The molecule has 0 spiro atoms. The van der Waals surface area contributed by atoms with Gasteiger partial charge in [0, 0.05) is 25.3 Å². The van der Waals surface area contributed by atoms with Crippen LogP contribution in [0.3, 0.4) is 0 Å². The minimum absolute atomic E-state index is 0.354. The number of anilines is 1. The summed E-state index contributed by atoms with van der Waals surface area (Å²) in [5.41, 5.74) is 0.993. The number of nitrogens with zero attached hydrogens (tertiary/aromatic N) is 2. The molecule has 1 heterocycles. The molecule has 0 bridgehead atoms. The molecule has 2 amide bonds. The van der Waals surface area contributed by atoms with Crippen LogP contribution in [0, 0.1) is 18.7 Å². The van der Waals surface area contributed by atoms with Crippen molar-refractivity contribution < 1.29 is 14.0 Å². The van der Waals surface area contributed by atoms with Gasteiger partial charge in [0.15, 0.2) is 0 Å². The van der Waals surface area contributed by atoms with E-state index in [1.807, 2.05) is 0 Å². The summed E-state index contributed by atoms with van der Waals surface area (Å²) in [7, 11) is 0. The van der Waals surface area contributed by atoms with Gasteiger partial charge in [-0.1, -0.05) is 25.3 Å². The minimum Gasteiger partial charge on any atom is -0.332 e. The normalized spacial score (nSPS) is 20.3. The highest BCUT2D eigenvalue weighted by atomic mass is 19.1. The van der Waals surface area contributed by atoms with E-state index in [0.717, 1.165) is 12.8 Å². The van der Waals surface area contributed by atoms with Crippen LogP contribution in [0.15, 0.2) is 18.2 Å². The molecule has 4 nitrogen and oxygen atoms in total. The van der Waals surface area contributed by atoms with E-state index < -0.39 is 11.8 Å². The van der Waals surface area contributed by atoms with Gasteiger partial charge in [-0.3, -0.25) is 9.59 Å². The first-order valence-corrected chi connectivity index (χ1v) is 8.43. The number of benzene rings is 1. The monoisotopic (exact) mass is 318 g/mol. The second-order valence-corrected chi connectivity index (χ2v) is 6.65. The molecule has 0 unspecified atom stereocenters. The summed E-state index contributed by atoms with van der Waals surface area (Å²) in [6, 6.07) is 4.66. The van der Waals surface area contributed by atoms with E-state index in [2.05, 4.69) is 0 Å². The molecule has 0 atom stereocenters. The van der Waals surface area contributed by atoms with Crippen molar-refractivity contribution in [3.8, 4) is 0 Å². The van der Waals surface area contributed by atoms with E-state index in [-0.39, 0.29) is 5.82 Å². The zero-order chi connectivity index (χ0) is 16.4. The molecule has 1 aliphatic carbocycles. The zero-order valence-corrected chi connectivity index (χ0v) is 13.6. The molecule has 0 N–H and O–H groups in total. The Morgan fingerprint density at radius 3 is 2.52 bits per heavy atom. The molecule has 124 valence electrons. The summed E-state index contributed by atoms with van der Waals surface area (Å²) in [5.74, 6) is -0.839. The fraction of sp³-hybridized carbons (Fsp3) is 0.556. The van der Waals surface area contributed by atoms with Gasteiger partial charge < -0.3 is 9.80 Å². The van der Waals surface area contributed by atoms with Crippen LogP contribution < -0.4 is 4.90 Å². The quantitative estimate of drug-likeness (QED) is 0.804. The van der Waals surface area contributed by atoms with Crippen LogP contribution in [0.1, 0.15) is 37.7 Å². The van der Waals surface area contributed by atoms with Gasteiger partial charge in [0.2, 0.25) is 0 Å². The maximum Gasteiger partial charge on any atom is 0.316 e. The molecule has 1 aromatic carbocycles. The van der Waals surface area contributed by atoms with Crippen molar-refractivity contribution >= 4 is 17.5 Å². The molecular formula is C18H23FN2O2. The Kier molecular flexibility index (Phi) is 4.64. The summed E-state index contributed by atoms with van der Waals surface area (Å²) in [5, 5.41) is 0. The Bertz CT molecular complexity index is 611. The first kappa shape index (κ1) is 16.0. The molecule has 1 aliphatic heterocycles. The van der Waals surface area contributed by atoms with Crippen molar-refractivity contribution in [3.63, 3.8) is 0 Å². The maximum atomic E-state index is 13.7. The van der Waals surface area contributed by atoms with E-state index >= 15 is 0 Å². The summed E-state index contributed by atoms with van der Waals surface area (Å²) in [6.45, 7) is 3.31. The van der Waals surface area contributed by atoms with Gasteiger partial charge in [-0.05, 0) is 43.4 Å². The smallest absolute Gasteiger partial charge is 0.316 e. The van der Waals surface area contributed by atoms with Crippen LogP contribution in [0.5, 0.6) is 0 Å². The summed E-state index contributed by atoms with van der Waals surface area (Å²) >= 11 is 0. The fourth-order valence-electron chi connectivity index (χ4n) is 3.53. The fourth-order valence-corrected chi connectivity index (χ4v) is 3.53. The molecule has 5 heteroatoms. The number of rotatable bonds is 3. The van der Waals surface area contributed by atoms with E-state index in [9.17, 15) is 14.0 Å². The van der Waals surface area contributed by atoms with E-state index in [1.54, 1.807) is 24.0 Å². The summed E-state index contributed by atoms with van der Waals surface area (Å²) in [6.07, 6.45) is 6.00. The summed E-state index contributed by atoms with van der Waals surface area (Å²) in [4.78, 5) is 27.8. The third-order valence-electron chi connectivity index (χ3n) is 4.98. The lowest BCUT2D eigenvalue weighted by atomic mass is 9.89. The molecule has 3 rings (SSSR count). The van der Waals surface area contributed by atoms with Gasteiger partial charge in [-0.15, -0.1) is 0 Å². The number of amides is 2. The highest BCUT2D eigenvalue weighted by Gasteiger charge is 2.34. The molecule has 1 aromatic rings. The Hall–Kier alpha value is -1.91. The average molecular weight is 318 g/mol. The minimum atomic E-state index is -0.546. The molecular weight excluding hydrogens is 295 g/mol. The van der Waals surface area contributed by atoms with Crippen molar-refractivity contribution in [2.75, 3.05) is 24.5 Å². The van der Waals surface area contributed by atoms with Crippen LogP contribution in [-0.4, -0.2) is 36.3 Å². The lowest BCUT2D eigenvalue weighted by molar-refractivity contribution is -0.146. The lowest BCUT2D eigenvalue weighted by Gasteiger charge is -2.36. The van der Waals surface area contributed by atoms with Crippen LogP contribution in [0.4, 0.5) is 10.1 Å². The molecule has 0 aromatic heterocycles. The molecule has 0 radical (unpaired) electrons.